The number of rotatable bonds is 4. The van der Waals surface area contributed by atoms with E-state index in [0.29, 0.717) is 6.42 Å². The van der Waals surface area contributed by atoms with Gasteiger partial charge in [0.1, 0.15) is 0 Å². The SMILES string of the molecule is COC(=O)NC(CCO)c1ccccc1. The number of amides is 1. The van der Waals surface area contributed by atoms with E-state index in [4.69, 9.17) is 5.11 Å². The average molecular weight is 209 g/mol. The maximum absolute atomic E-state index is 11.1. The standard InChI is InChI=1S/C11H15NO3/c1-15-11(14)12-10(7-8-13)9-5-3-2-4-6-9/h2-6,10,13H,7-8H2,1H3,(H,12,14). The Morgan fingerprint density at radius 3 is 2.67 bits per heavy atom. The molecule has 0 aliphatic heterocycles. The molecule has 1 atom stereocenters. The minimum atomic E-state index is -0.489. The first-order valence-corrected chi connectivity index (χ1v) is 4.78. The first-order chi connectivity index (χ1) is 7.27. The van der Waals surface area contributed by atoms with E-state index in [0.717, 1.165) is 5.56 Å². The summed E-state index contributed by atoms with van der Waals surface area (Å²) in [5.74, 6) is 0. The Kier molecular flexibility index (Phi) is 4.63. The van der Waals surface area contributed by atoms with Crippen LogP contribution in [-0.4, -0.2) is 24.9 Å². The van der Waals surface area contributed by atoms with Crippen LogP contribution in [0, 0.1) is 0 Å². The van der Waals surface area contributed by atoms with Gasteiger partial charge < -0.3 is 15.2 Å². The molecule has 1 aromatic carbocycles. The lowest BCUT2D eigenvalue weighted by atomic mass is 10.0. The first-order valence-electron chi connectivity index (χ1n) is 4.78. The minimum absolute atomic E-state index is 0.0174. The molecule has 82 valence electrons. The number of ether oxygens (including phenoxy) is 1. The van der Waals surface area contributed by atoms with Gasteiger partial charge in [-0.2, -0.15) is 0 Å². The molecule has 0 fully saturated rings. The highest BCUT2D eigenvalue weighted by Crippen LogP contribution is 2.15. The summed E-state index contributed by atoms with van der Waals surface area (Å²) in [5.41, 5.74) is 0.956. The molecule has 0 saturated carbocycles. The van der Waals surface area contributed by atoms with Gasteiger partial charge in [-0.1, -0.05) is 30.3 Å². The number of alkyl carbamates (subject to hydrolysis) is 1. The van der Waals surface area contributed by atoms with Crippen molar-refractivity contribution in [3.05, 3.63) is 35.9 Å². The number of nitrogens with one attached hydrogen (secondary N) is 1. The summed E-state index contributed by atoms with van der Waals surface area (Å²) in [6.45, 7) is 0.0174. The lowest BCUT2D eigenvalue weighted by Crippen LogP contribution is -2.28. The third-order valence-electron chi connectivity index (χ3n) is 2.10. The fourth-order valence-electron chi connectivity index (χ4n) is 1.34. The highest BCUT2D eigenvalue weighted by atomic mass is 16.5. The summed E-state index contributed by atoms with van der Waals surface area (Å²) in [6.07, 6.45) is -0.0173. The number of aliphatic hydroxyl groups excluding tert-OH is 1. The second-order valence-electron chi connectivity index (χ2n) is 3.11. The molecule has 1 aromatic rings. The third-order valence-corrected chi connectivity index (χ3v) is 2.10. The van der Waals surface area contributed by atoms with Crippen molar-refractivity contribution in [3.8, 4) is 0 Å². The highest BCUT2D eigenvalue weighted by molar-refractivity contribution is 5.67. The van der Waals surface area contributed by atoms with E-state index in [-0.39, 0.29) is 12.6 Å². The van der Waals surface area contributed by atoms with E-state index >= 15 is 0 Å². The van der Waals surface area contributed by atoms with Gasteiger partial charge in [0, 0.05) is 6.61 Å². The van der Waals surface area contributed by atoms with E-state index in [9.17, 15) is 4.79 Å². The number of aliphatic hydroxyl groups is 1. The van der Waals surface area contributed by atoms with Gasteiger partial charge >= 0.3 is 6.09 Å². The minimum Gasteiger partial charge on any atom is -0.453 e. The monoisotopic (exact) mass is 209 g/mol. The summed E-state index contributed by atoms with van der Waals surface area (Å²) in [6, 6.07) is 9.27. The summed E-state index contributed by atoms with van der Waals surface area (Å²) < 4.78 is 4.52. The zero-order valence-corrected chi connectivity index (χ0v) is 8.64. The number of hydrogen-bond donors (Lipinski definition) is 2. The molecule has 1 amide bonds. The molecule has 2 N–H and O–H groups in total. The van der Waals surface area contributed by atoms with Gasteiger partial charge in [0.25, 0.3) is 0 Å². The molecule has 4 nitrogen and oxygen atoms in total. The number of methoxy groups -OCH3 is 1. The Hall–Kier alpha value is -1.55. The van der Waals surface area contributed by atoms with Crippen LogP contribution in [-0.2, 0) is 4.74 Å². The molecule has 0 heterocycles. The number of benzene rings is 1. The summed E-state index contributed by atoms with van der Waals surface area (Å²) in [7, 11) is 1.32. The van der Waals surface area contributed by atoms with Gasteiger partial charge in [0.05, 0.1) is 13.2 Å². The zero-order valence-electron chi connectivity index (χ0n) is 8.64. The lowest BCUT2D eigenvalue weighted by Gasteiger charge is -2.17. The van der Waals surface area contributed by atoms with E-state index in [1.165, 1.54) is 7.11 Å². The van der Waals surface area contributed by atoms with Crippen molar-refractivity contribution in [2.45, 2.75) is 12.5 Å². The number of carbonyl (C=O) groups is 1. The molecule has 0 bridgehead atoms. The van der Waals surface area contributed by atoms with Crippen molar-refractivity contribution in [2.24, 2.45) is 0 Å². The van der Waals surface area contributed by atoms with Crippen molar-refractivity contribution in [3.63, 3.8) is 0 Å². The number of hydrogen-bond acceptors (Lipinski definition) is 3. The van der Waals surface area contributed by atoms with Gasteiger partial charge in [0.2, 0.25) is 0 Å². The highest BCUT2D eigenvalue weighted by Gasteiger charge is 2.13. The second kappa shape index (κ2) is 6.03. The molecular formula is C11H15NO3. The van der Waals surface area contributed by atoms with Crippen molar-refractivity contribution < 1.29 is 14.6 Å². The maximum atomic E-state index is 11.1. The molecule has 0 aliphatic rings. The van der Waals surface area contributed by atoms with Crippen molar-refractivity contribution in [1.29, 1.82) is 0 Å². The summed E-state index contributed by atoms with van der Waals surface area (Å²) in [4.78, 5) is 11.1. The van der Waals surface area contributed by atoms with Crippen LogP contribution in [0.3, 0.4) is 0 Å². The van der Waals surface area contributed by atoms with Gasteiger partial charge in [-0.25, -0.2) is 4.79 Å². The maximum Gasteiger partial charge on any atom is 0.407 e. The fraction of sp³-hybridized carbons (Fsp3) is 0.364. The molecule has 4 heteroatoms. The Morgan fingerprint density at radius 2 is 2.13 bits per heavy atom. The molecule has 1 rings (SSSR count). The Bertz CT molecular complexity index is 300. The fourth-order valence-corrected chi connectivity index (χ4v) is 1.34. The largest absolute Gasteiger partial charge is 0.453 e. The smallest absolute Gasteiger partial charge is 0.407 e. The van der Waals surface area contributed by atoms with E-state index in [2.05, 4.69) is 10.1 Å². The normalized spacial score (nSPS) is 11.9. The van der Waals surface area contributed by atoms with Gasteiger partial charge in [-0.05, 0) is 12.0 Å². The summed E-state index contributed by atoms with van der Waals surface area (Å²) in [5, 5.41) is 11.6. The predicted molar refractivity (Wildman–Crippen MR) is 56.4 cm³/mol. The predicted octanol–water partition coefficient (Wildman–Crippen LogP) is 1.47. The van der Waals surface area contributed by atoms with Crippen molar-refractivity contribution in [2.75, 3.05) is 13.7 Å². The molecule has 1 unspecified atom stereocenters. The van der Waals surface area contributed by atoms with Crippen LogP contribution in [0.4, 0.5) is 4.79 Å². The zero-order chi connectivity index (χ0) is 11.1. The van der Waals surface area contributed by atoms with Gasteiger partial charge in [-0.15, -0.1) is 0 Å². The van der Waals surface area contributed by atoms with Crippen LogP contribution in [0.1, 0.15) is 18.0 Å². The molecule has 0 radical (unpaired) electrons. The molecule has 0 spiro atoms. The van der Waals surface area contributed by atoms with Gasteiger partial charge in [-0.3, -0.25) is 0 Å². The van der Waals surface area contributed by atoms with Crippen LogP contribution in [0.25, 0.3) is 0 Å². The van der Waals surface area contributed by atoms with Crippen molar-refractivity contribution in [1.82, 2.24) is 5.32 Å². The summed E-state index contributed by atoms with van der Waals surface area (Å²) >= 11 is 0. The van der Waals surface area contributed by atoms with Crippen LogP contribution in [0.15, 0.2) is 30.3 Å². The Balaban J connectivity index is 2.70. The van der Waals surface area contributed by atoms with Crippen molar-refractivity contribution >= 4 is 6.09 Å². The molecular weight excluding hydrogens is 194 g/mol. The first kappa shape index (κ1) is 11.5. The Morgan fingerprint density at radius 1 is 1.47 bits per heavy atom. The molecule has 15 heavy (non-hydrogen) atoms. The van der Waals surface area contributed by atoms with E-state index in [1.807, 2.05) is 30.3 Å². The second-order valence-corrected chi connectivity index (χ2v) is 3.11. The molecule has 0 saturated heterocycles. The van der Waals surface area contributed by atoms with E-state index < -0.39 is 6.09 Å². The van der Waals surface area contributed by atoms with E-state index in [1.54, 1.807) is 0 Å². The number of carbonyl (C=O) groups excluding carboxylic acids is 1. The van der Waals surface area contributed by atoms with Crippen LogP contribution in [0.2, 0.25) is 0 Å². The van der Waals surface area contributed by atoms with Gasteiger partial charge in [0.15, 0.2) is 0 Å². The van der Waals surface area contributed by atoms with Crippen LogP contribution >= 0.6 is 0 Å². The molecule has 0 aromatic heterocycles. The van der Waals surface area contributed by atoms with Crippen LogP contribution < -0.4 is 5.32 Å². The van der Waals surface area contributed by atoms with Crippen LogP contribution in [0.5, 0.6) is 0 Å². The average Bonchev–Trinajstić information content (AvgIpc) is 2.29. The third kappa shape index (κ3) is 3.59. The quantitative estimate of drug-likeness (QED) is 0.789. The topological polar surface area (TPSA) is 58.6 Å². The lowest BCUT2D eigenvalue weighted by molar-refractivity contribution is 0.163. The molecule has 0 aliphatic carbocycles. The Labute approximate surface area is 88.9 Å².